The summed E-state index contributed by atoms with van der Waals surface area (Å²) in [4.78, 5) is 13.8. The van der Waals surface area contributed by atoms with E-state index in [1.807, 2.05) is 66.7 Å². The van der Waals surface area contributed by atoms with Crippen molar-refractivity contribution in [2.75, 3.05) is 20.3 Å². The van der Waals surface area contributed by atoms with Crippen LogP contribution in [-0.2, 0) is 28.7 Å². The summed E-state index contributed by atoms with van der Waals surface area (Å²) in [7, 11) is -4.27. The van der Waals surface area contributed by atoms with Gasteiger partial charge in [0.05, 0.1) is 13.2 Å². The first-order chi connectivity index (χ1) is 22.3. The van der Waals surface area contributed by atoms with Gasteiger partial charge in [-0.3, -0.25) is 0 Å². The van der Waals surface area contributed by atoms with E-state index >= 15 is 0 Å². The Labute approximate surface area is 286 Å². The van der Waals surface area contributed by atoms with Crippen LogP contribution >= 0.6 is 0 Å². The minimum atomic E-state index is -5.10. The largest absolute Gasteiger partial charge is 0.457 e. The maximum absolute atomic E-state index is 14.8. The van der Waals surface area contributed by atoms with E-state index < -0.39 is 45.5 Å². The number of rotatable bonds is 14. The van der Waals surface area contributed by atoms with Crippen LogP contribution < -0.4 is 10.4 Å². The van der Waals surface area contributed by atoms with Crippen molar-refractivity contribution < 1.29 is 36.3 Å². The summed E-state index contributed by atoms with van der Waals surface area (Å²) in [5, 5.41) is 1.61. The van der Waals surface area contributed by atoms with Crippen molar-refractivity contribution in [3.8, 4) is 0 Å². The molecular formula is C38H51F3O5Si2. The van der Waals surface area contributed by atoms with Gasteiger partial charge in [0, 0.05) is 19.1 Å². The van der Waals surface area contributed by atoms with Crippen LogP contribution in [-0.4, -0.2) is 55.2 Å². The molecular weight excluding hydrogens is 650 g/mol. The van der Waals surface area contributed by atoms with Gasteiger partial charge in [-0.05, 0) is 33.5 Å². The molecule has 3 aromatic carbocycles. The van der Waals surface area contributed by atoms with Crippen LogP contribution in [0.15, 0.2) is 103 Å². The monoisotopic (exact) mass is 700 g/mol. The number of hydrogen-bond acceptors (Lipinski definition) is 5. The quantitative estimate of drug-likeness (QED) is 0.0959. The second-order valence-corrected chi connectivity index (χ2v) is 23.6. The zero-order valence-electron chi connectivity index (χ0n) is 29.7. The Bertz CT molecular complexity index is 1430. The Morgan fingerprint density at radius 1 is 0.729 bits per heavy atom. The SMILES string of the molecule is CO[C@](C(=O)O[C@H](C/C=C/CO[Si](C)(C)C(C)(C)C)CO[Si](c1ccccc1)(c1ccccc1)C(C)(C)C)(c1ccccc1)C(F)(F)F. The molecule has 3 rings (SSSR count). The first-order valence-electron chi connectivity index (χ1n) is 16.3. The number of methoxy groups -OCH3 is 1. The van der Waals surface area contributed by atoms with Gasteiger partial charge in [0.25, 0.3) is 13.9 Å². The molecule has 0 N–H and O–H groups in total. The Morgan fingerprint density at radius 2 is 1.21 bits per heavy atom. The molecule has 10 heteroatoms. The average molecular weight is 701 g/mol. The minimum Gasteiger partial charge on any atom is -0.457 e. The molecule has 0 bridgehead atoms. The van der Waals surface area contributed by atoms with Gasteiger partial charge < -0.3 is 18.3 Å². The summed E-state index contributed by atoms with van der Waals surface area (Å²) in [5.74, 6) is -1.55. The van der Waals surface area contributed by atoms with Gasteiger partial charge in [-0.1, -0.05) is 145 Å². The van der Waals surface area contributed by atoms with Crippen molar-refractivity contribution in [1.29, 1.82) is 0 Å². The molecule has 0 radical (unpaired) electrons. The highest BCUT2D eigenvalue weighted by Crippen LogP contribution is 2.44. The topological polar surface area (TPSA) is 54.0 Å². The molecule has 0 aliphatic rings. The molecule has 48 heavy (non-hydrogen) atoms. The standard InChI is InChI=1S/C38H51F3O5Si2/c1-35(2,3)47(8,9)44-28-20-19-23-31(46-34(42)37(43-7,38(39,40)41)30-21-13-10-14-22-30)29-45-48(36(4,5)6,32-24-15-11-16-25-32)33-26-17-12-18-27-33/h10-22,24-27,31H,23,28-29H2,1-9H3/b20-19+/t31-,37+/m1/s1. The number of ether oxygens (including phenoxy) is 2. The van der Waals surface area contributed by atoms with Crippen LogP contribution in [0.4, 0.5) is 13.2 Å². The number of carbonyl (C=O) groups excluding carboxylic acids is 1. The number of carbonyl (C=O) groups is 1. The molecule has 0 heterocycles. The fraction of sp³-hybridized carbons (Fsp3) is 0.447. The van der Waals surface area contributed by atoms with Gasteiger partial charge >= 0.3 is 12.1 Å². The van der Waals surface area contributed by atoms with E-state index in [1.165, 1.54) is 24.3 Å². The van der Waals surface area contributed by atoms with E-state index in [4.69, 9.17) is 18.3 Å². The third-order valence-electron chi connectivity index (χ3n) is 9.26. The van der Waals surface area contributed by atoms with Gasteiger partial charge in [-0.15, -0.1) is 0 Å². The number of benzene rings is 3. The third kappa shape index (κ3) is 8.57. The zero-order chi connectivity index (χ0) is 35.9. The highest BCUT2D eigenvalue weighted by Gasteiger charge is 2.64. The lowest BCUT2D eigenvalue weighted by Crippen LogP contribution is -2.67. The van der Waals surface area contributed by atoms with Gasteiger partial charge in [-0.2, -0.15) is 13.2 Å². The van der Waals surface area contributed by atoms with Crippen molar-refractivity contribution in [3.63, 3.8) is 0 Å². The van der Waals surface area contributed by atoms with Crippen LogP contribution in [0.25, 0.3) is 0 Å². The van der Waals surface area contributed by atoms with E-state index in [0.717, 1.165) is 17.5 Å². The Balaban J connectivity index is 2.04. The zero-order valence-corrected chi connectivity index (χ0v) is 31.7. The number of esters is 1. The summed E-state index contributed by atoms with van der Waals surface area (Å²) < 4.78 is 68.6. The van der Waals surface area contributed by atoms with Gasteiger partial charge in [0.1, 0.15) is 6.10 Å². The molecule has 0 saturated heterocycles. The summed E-state index contributed by atoms with van der Waals surface area (Å²) in [5.41, 5.74) is -3.69. The summed E-state index contributed by atoms with van der Waals surface area (Å²) in [6.07, 6.45) is -2.45. The van der Waals surface area contributed by atoms with Crippen molar-refractivity contribution in [2.24, 2.45) is 0 Å². The highest BCUT2D eigenvalue weighted by atomic mass is 28.4. The first-order valence-corrected chi connectivity index (χ1v) is 21.1. The summed E-state index contributed by atoms with van der Waals surface area (Å²) in [6.45, 7) is 17.2. The molecule has 5 nitrogen and oxygen atoms in total. The van der Waals surface area contributed by atoms with Crippen LogP contribution in [0.5, 0.6) is 0 Å². The van der Waals surface area contributed by atoms with E-state index in [0.29, 0.717) is 6.61 Å². The lowest BCUT2D eigenvalue weighted by atomic mass is 9.92. The molecule has 0 spiro atoms. The molecule has 0 aliphatic carbocycles. The maximum Gasteiger partial charge on any atom is 0.432 e. The predicted octanol–water partition coefficient (Wildman–Crippen LogP) is 8.55. The van der Waals surface area contributed by atoms with Gasteiger partial charge in [0.15, 0.2) is 8.32 Å². The van der Waals surface area contributed by atoms with Crippen LogP contribution in [0.2, 0.25) is 23.2 Å². The highest BCUT2D eigenvalue weighted by molar-refractivity contribution is 6.99. The van der Waals surface area contributed by atoms with Gasteiger partial charge in [-0.25, -0.2) is 4.79 Å². The molecule has 0 aliphatic heterocycles. The summed E-state index contributed by atoms with van der Waals surface area (Å²) >= 11 is 0. The fourth-order valence-corrected chi connectivity index (χ4v) is 11.1. The lowest BCUT2D eigenvalue weighted by Gasteiger charge is -2.43. The molecule has 0 fully saturated rings. The second kappa shape index (κ2) is 15.7. The van der Waals surface area contributed by atoms with Crippen LogP contribution in [0.3, 0.4) is 0 Å². The molecule has 262 valence electrons. The number of alkyl halides is 3. The molecule has 3 aromatic rings. The van der Waals surface area contributed by atoms with Crippen LogP contribution in [0, 0.1) is 0 Å². The van der Waals surface area contributed by atoms with Crippen molar-refractivity contribution in [3.05, 3.63) is 109 Å². The molecule has 0 unspecified atom stereocenters. The van der Waals surface area contributed by atoms with E-state index in [1.54, 1.807) is 12.1 Å². The predicted molar refractivity (Wildman–Crippen MR) is 192 cm³/mol. The van der Waals surface area contributed by atoms with E-state index in [9.17, 15) is 18.0 Å². The molecule has 0 saturated carbocycles. The smallest absolute Gasteiger partial charge is 0.432 e. The lowest BCUT2D eigenvalue weighted by molar-refractivity contribution is -0.278. The molecule has 0 amide bonds. The van der Waals surface area contributed by atoms with E-state index in [-0.39, 0.29) is 23.6 Å². The normalized spacial score (nSPS) is 15.2. The minimum absolute atomic E-state index is 0.0149. The van der Waals surface area contributed by atoms with Crippen molar-refractivity contribution in [2.45, 2.75) is 89.0 Å². The Kier molecular flexibility index (Phi) is 12.9. The second-order valence-electron chi connectivity index (χ2n) is 14.5. The third-order valence-corrected chi connectivity index (χ3v) is 18.8. The molecule has 2 atom stereocenters. The van der Waals surface area contributed by atoms with Crippen LogP contribution in [0.1, 0.15) is 53.5 Å². The number of halogens is 3. The van der Waals surface area contributed by atoms with Crippen molar-refractivity contribution >= 4 is 33.0 Å². The van der Waals surface area contributed by atoms with E-state index in [2.05, 4.69) is 54.6 Å². The fourth-order valence-electron chi connectivity index (χ4n) is 5.54. The van der Waals surface area contributed by atoms with Gasteiger partial charge in [0.2, 0.25) is 0 Å². The Morgan fingerprint density at radius 3 is 1.62 bits per heavy atom. The first kappa shape index (κ1) is 39.4. The van der Waals surface area contributed by atoms with Crippen molar-refractivity contribution in [1.82, 2.24) is 0 Å². The summed E-state index contributed by atoms with van der Waals surface area (Å²) in [6, 6.07) is 26.6. The Hall–Kier alpha value is -3.03. The number of hydrogen-bond donors (Lipinski definition) is 0. The molecule has 0 aromatic heterocycles. The maximum atomic E-state index is 14.8. The average Bonchev–Trinajstić information content (AvgIpc) is 3.01.